The van der Waals surface area contributed by atoms with Crippen LogP contribution in [-0.2, 0) is 73.4 Å². The van der Waals surface area contributed by atoms with Gasteiger partial charge in [-0.25, -0.2) is 9.59 Å². The predicted molar refractivity (Wildman–Crippen MR) is 366 cm³/mol. The van der Waals surface area contributed by atoms with Crippen molar-refractivity contribution in [2.45, 2.75) is 206 Å². The molecule has 2 aromatic rings. The minimum Gasteiger partial charge on any atom is -0.453 e. The summed E-state index contributed by atoms with van der Waals surface area (Å²) in [5.41, 5.74) is 10.5. The number of aliphatic hydroxyl groups excluding tert-OH is 4. The Balaban J connectivity index is 2.44. The first kappa shape index (κ1) is 85.7. The average Bonchev–Trinajstić information content (AvgIpc) is 0.816. The van der Waals surface area contributed by atoms with Gasteiger partial charge in [0.2, 0.25) is 65.0 Å². The predicted octanol–water partition coefficient (Wildman–Crippen LogP) is -3.21. The van der Waals surface area contributed by atoms with Gasteiger partial charge in [0.05, 0.1) is 31.3 Å². The summed E-state index contributed by atoms with van der Waals surface area (Å²) in [5, 5.41) is 81.5. The Bertz CT molecular complexity index is 3150. The number of aliphatic hydroxyl groups is 4. The van der Waals surface area contributed by atoms with Gasteiger partial charge in [-0.05, 0) is 94.6 Å². The third-order valence-electron chi connectivity index (χ3n) is 16.0. The molecule has 34 nitrogen and oxygen atoms in total. The third-order valence-corrected chi connectivity index (χ3v) is 16.0. The van der Waals surface area contributed by atoms with E-state index in [1.54, 1.807) is 92.6 Å². The van der Waals surface area contributed by atoms with Crippen LogP contribution in [0.2, 0.25) is 0 Å². The van der Waals surface area contributed by atoms with Gasteiger partial charge in [0.1, 0.15) is 53.9 Å². The van der Waals surface area contributed by atoms with Gasteiger partial charge >= 0.3 is 12.1 Å². The van der Waals surface area contributed by atoms with E-state index in [0.29, 0.717) is 5.56 Å². The van der Waals surface area contributed by atoms with Crippen molar-refractivity contribution in [3.05, 3.63) is 71.8 Å². The highest BCUT2D eigenvalue weighted by molar-refractivity contribution is 6.00. The molecule has 2 aromatic carbocycles. The highest BCUT2D eigenvalue weighted by Gasteiger charge is 2.44. The molecule has 0 radical (unpaired) electrons. The van der Waals surface area contributed by atoms with Crippen molar-refractivity contribution < 1.29 is 92.2 Å². The summed E-state index contributed by atoms with van der Waals surface area (Å²) < 4.78 is 11.4. The smallest absolute Gasteiger partial charge is 0.407 e. The SMILES string of the molecule is CC[C@H](C)[C@@H]1NC(=O)[C@@H](CCCNC(=N)N)NC(=O)[C@H](CC(C)C)NC(=O)[C@H]([C@H](O)C(C)C)NC(=O)[C@@H](NC(=O)[C@H](CC(C)C)NC(=O)[C@@H](CNC(=O)OC(C)(C)C)Cc2ccccc2)[C@@H](c2ccccc2)OC(=O)[C@H](CO)NC(=O)[C@H]([C@H](O)C(N)=O)NC(=O)CNC(=O)[C@H]([C@H](C)O)NC1=O. The van der Waals surface area contributed by atoms with E-state index in [1.807, 2.05) is 10.6 Å². The Morgan fingerprint density at radius 2 is 1.22 bits per heavy atom. The summed E-state index contributed by atoms with van der Waals surface area (Å²) in [6.07, 6.45) is -9.37. The number of benzene rings is 2. The normalized spacial score (nSPS) is 23.3. The fourth-order valence-electron chi connectivity index (χ4n) is 10.3. The molecule has 21 N–H and O–H groups in total. The zero-order valence-electron chi connectivity index (χ0n) is 59.3. The van der Waals surface area contributed by atoms with Crippen molar-refractivity contribution in [3.63, 3.8) is 0 Å². The fourth-order valence-corrected chi connectivity index (χ4v) is 10.3. The molecule has 34 heteroatoms. The summed E-state index contributed by atoms with van der Waals surface area (Å²) in [6.45, 7) is 16.2. The number of hydrogen-bond donors (Lipinski definition) is 19. The van der Waals surface area contributed by atoms with Crippen molar-refractivity contribution in [1.82, 2.24) is 63.8 Å². The van der Waals surface area contributed by atoms with Crippen molar-refractivity contribution in [1.29, 1.82) is 5.41 Å². The molecule has 3 rings (SSSR count). The van der Waals surface area contributed by atoms with E-state index in [1.165, 1.54) is 44.2 Å². The van der Waals surface area contributed by atoms with Crippen molar-refractivity contribution in [3.8, 4) is 0 Å². The molecular weight excluding hydrogens is 1320 g/mol. The molecule has 0 aliphatic carbocycles. The largest absolute Gasteiger partial charge is 0.453 e. The van der Waals surface area contributed by atoms with Gasteiger partial charge in [-0.15, -0.1) is 0 Å². The van der Waals surface area contributed by atoms with E-state index in [9.17, 15) is 68.4 Å². The van der Waals surface area contributed by atoms with Crippen molar-refractivity contribution >= 4 is 83.0 Å². The molecule has 0 spiro atoms. The molecule has 0 bridgehead atoms. The van der Waals surface area contributed by atoms with Gasteiger partial charge in [-0.1, -0.05) is 122 Å². The Morgan fingerprint density at radius 1 is 0.663 bits per heavy atom. The molecule has 1 heterocycles. The maximum atomic E-state index is 15.6. The number of ether oxygens (including phenoxy) is 2. The summed E-state index contributed by atoms with van der Waals surface area (Å²) in [7, 11) is 0. The number of carbonyl (C=O) groups is 13. The molecule has 1 aliphatic rings. The van der Waals surface area contributed by atoms with E-state index < -0.39 is 210 Å². The number of rotatable bonds is 25. The molecule has 562 valence electrons. The zero-order chi connectivity index (χ0) is 76.2. The lowest BCUT2D eigenvalue weighted by Crippen LogP contribution is -2.64. The number of esters is 1. The van der Waals surface area contributed by atoms with Gasteiger partial charge in [-0.3, -0.25) is 58.1 Å². The van der Waals surface area contributed by atoms with Crippen LogP contribution < -0.4 is 75.3 Å². The van der Waals surface area contributed by atoms with Crippen LogP contribution in [-0.4, -0.2) is 208 Å². The highest BCUT2D eigenvalue weighted by Crippen LogP contribution is 2.25. The number of cyclic esters (lactones) is 1. The molecule has 15 atom stereocenters. The number of carbonyl (C=O) groups excluding carboxylic acids is 13. The van der Waals surface area contributed by atoms with Crippen LogP contribution >= 0.6 is 0 Å². The fraction of sp³-hybridized carbons (Fsp3) is 0.612. The van der Waals surface area contributed by atoms with Crippen LogP contribution in [0.4, 0.5) is 4.79 Å². The number of primary amides is 1. The van der Waals surface area contributed by atoms with Gasteiger partial charge in [0.25, 0.3) is 0 Å². The van der Waals surface area contributed by atoms with Crippen molar-refractivity contribution in [2.24, 2.45) is 41.1 Å². The van der Waals surface area contributed by atoms with Crippen LogP contribution in [0.15, 0.2) is 60.7 Å². The average molecular weight is 1420 g/mol. The highest BCUT2D eigenvalue weighted by atomic mass is 16.6. The number of guanidine groups is 1. The minimum atomic E-state index is -2.60. The van der Waals surface area contributed by atoms with E-state index in [4.69, 9.17) is 26.4 Å². The monoisotopic (exact) mass is 1420 g/mol. The van der Waals surface area contributed by atoms with E-state index >= 15 is 14.4 Å². The first-order chi connectivity index (χ1) is 47.3. The Kier molecular flexibility index (Phi) is 35.0. The summed E-state index contributed by atoms with van der Waals surface area (Å²) in [6, 6.07) is -1.44. The summed E-state index contributed by atoms with van der Waals surface area (Å²) in [4.78, 5) is 186. The van der Waals surface area contributed by atoms with E-state index in [0.717, 1.165) is 6.92 Å². The summed E-state index contributed by atoms with van der Waals surface area (Å²) >= 11 is 0. The number of nitrogens with one attached hydrogen (secondary N) is 13. The minimum absolute atomic E-state index is 0.00119. The standard InChI is InChI=1S/C67H105N15O19/c1-13-36(8)46-60(94)80-47(37(9)84)59(93)72-31-45(85)78-49(52(87)54(68)88)62(96)77-44(32-83)64(98)100-53(39-23-18-15-19-24-39)50(82-58(92)43(28-34(4)5)75-55(89)40(29-38-21-16-14-17-22-38)30-73-66(99)101-67(10,11)12)63(97)81-48(51(86)35(6)7)61(95)76-42(27-33(2)3)57(91)74-41(56(90)79-46)25-20-26-71-65(69)70/h14-19,21-24,33-37,40-44,46-53,83-84,86-87H,13,20,25-32H2,1-12H3,(H2,68,88)(H,72,93)(H,73,99)(H,74,91)(H,75,89)(H,76,95)(H,77,96)(H,78,85)(H,79,90)(H,80,94)(H,81,97)(H,82,92)(H4,69,70,71)/t36-,37-,40+,41+,42-,43-,44-,46-,47-,48-,49-,50-,51+,52-,53+/m0/s1. The van der Waals surface area contributed by atoms with Crippen LogP contribution in [0.25, 0.3) is 0 Å². The first-order valence-corrected chi connectivity index (χ1v) is 33.6. The second-order valence-corrected chi connectivity index (χ2v) is 27.1. The van der Waals surface area contributed by atoms with Crippen LogP contribution in [0.5, 0.6) is 0 Å². The first-order valence-electron chi connectivity index (χ1n) is 33.6. The lowest BCUT2D eigenvalue weighted by Gasteiger charge is -2.34. The lowest BCUT2D eigenvalue weighted by atomic mass is 9.95. The molecule has 1 saturated heterocycles. The number of hydrogen-bond acceptors (Lipinski definition) is 20. The number of nitrogens with two attached hydrogens (primary N) is 2. The third kappa shape index (κ3) is 28.9. The van der Waals surface area contributed by atoms with Crippen LogP contribution in [0, 0.1) is 35.0 Å². The van der Waals surface area contributed by atoms with Gasteiger partial charge in [-0.2, -0.15) is 0 Å². The molecule has 0 unspecified atom stereocenters. The maximum absolute atomic E-state index is 15.6. The van der Waals surface area contributed by atoms with E-state index in [-0.39, 0.29) is 57.2 Å². The Morgan fingerprint density at radius 3 is 1.76 bits per heavy atom. The molecule has 12 amide bonds. The lowest BCUT2D eigenvalue weighted by molar-refractivity contribution is -0.159. The molecule has 1 aliphatic heterocycles. The quantitative estimate of drug-likeness (QED) is 0.0201. The molecule has 101 heavy (non-hydrogen) atoms. The van der Waals surface area contributed by atoms with Gasteiger partial charge in [0, 0.05) is 13.1 Å². The molecule has 0 saturated carbocycles. The maximum Gasteiger partial charge on any atom is 0.407 e. The van der Waals surface area contributed by atoms with Crippen molar-refractivity contribution in [2.75, 3.05) is 26.2 Å². The topological polar surface area (TPSA) is 542 Å². The van der Waals surface area contributed by atoms with Crippen LogP contribution in [0.3, 0.4) is 0 Å². The van der Waals surface area contributed by atoms with E-state index in [2.05, 4.69) is 53.2 Å². The second-order valence-electron chi connectivity index (χ2n) is 27.1. The summed E-state index contributed by atoms with van der Waals surface area (Å²) in [5.74, 6) is -18.8. The van der Waals surface area contributed by atoms with Gasteiger partial charge < -0.3 is 105 Å². The zero-order valence-corrected chi connectivity index (χ0v) is 59.3. The molecule has 0 aromatic heterocycles. The molecular formula is C67H105N15O19. The Labute approximate surface area is 587 Å². The Hall–Kier alpha value is -9.54. The number of amides is 12. The molecule has 1 fully saturated rings. The second kappa shape index (κ2) is 41.3. The van der Waals surface area contributed by atoms with Gasteiger partial charge in [0.15, 0.2) is 24.2 Å². The van der Waals surface area contributed by atoms with Crippen LogP contribution in [0.1, 0.15) is 132 Å². The number of alkyl carbamates (subject to hydrolysis) is 1.